The van der Waals surface area contributed by atoms with Gasteiger partial charge in [-0.1, -0.05) is 0 Å². The summed E-state index contributed by atoms with van der Waals surface area (Å²) in [6.45, 7) is 4.47. The van der Waals surface area contributed by atoms with Crippen molar-refractivity contribution in [3.05, 3.63) is 71.3 Å². The van der Waals surface area contributed by atoms with Crippen molar-refractivity contribution in [2.75, 3.05) is 14.2 Å². The van der Waals surface area contributed by atoms with E-state index in [1.165, 1.54) is 0 Å². The number of nitrogens with zero attached hydrogens (tertiary/aromatic N) is 4. The number of hydrogen-bond acceptors (Lipinski definition) is 6. The fourth-order valence-corrected chi connectivity index (χ4v) is 3.86. The van der Waals surface area contributed by atoms with Crippen molar-refractivity contribution in [3.63, 3.8) is 0 Å². The third-order valence-electron chi connectivity index (χ3n) is 5.69. The molecule has 4 rings (SSSR count). The molecule has 33 heavy (non-hydrogen) atoms. The summed E-state index contributed by atoms with van der Waals surface area (Å²) in [5, 5.41) is 7.74. The van der Waals surface area contributed by atoms with Crippen LogP contribution in [0.1, 0.15) is 28.9 Å². The highest BCUT2D eigenvalue weighted by atomic mass is 16.5. The number of benzene rings is 1. The lowest BCUT2D eigenvalue weighted by Crippen LogP contribution is -2.23. The molecule has 0 atom stereocenters. The van der Waals surface area contributed by atoms with Crippen LogP contribution in [0.4, 0.5) is 0 Å². The summed E-state index contributed by atoms with van der Waals surface area (Å²) < 4.78 is 12.7. The molecule has 4 aromatic rings. The Bertz CT molecular complexity index is 1280. The number of carbonyl (C=O) groups excluding carboxylic acids is 1. The average Bonchev–Trinajstić information content (AvgIpc) is 3.26. The van der Waals surface area contributed by atoms with E-state index < -0.39 is 0 Å². The molecule has 0 aliphatic rings. The van der Waals surface area contributed by atoms with Crippen LogP contribution in [-0.4, -0.2) is 39.7 Å². The largest absolute Gasteiger partial charge is 0.497 e. The van der Waals surface area contributed by atoms with Gasteiger partial charge in [-0.15, -0.1) is 0 Å². The van der Waals surface area contributed by atoms with E-state index in [9.17, 15) is 4.79 Å². The minimum Gasteiger partial charge on any atom is -0.497 e. The molecule has 0 saturated heterocycles. The van der Waals surface area contributed by atoms with Crippen molar-refractivity contribution in [1.82, 2.24) is 24.9 Å². The van der Waals surface area contributed by atoms with E-state index in [-0.39, 0.29) is 5.91 Å². The average molecular weight is 446 g/mol. The third kappa shape index (κ3) is 4.79. The number of methoxy groups -OCH3 is 2. The summed E-state index contributed by atoms with van der Waals surface area (Å²) in [4.78, 5) is 21.1. The van der Waals surface area contributed by atoms with E-state index in [4.69, 9.17) is 19.6 Å². The minimum atomic E-state index is -0.00478. The predicted octanol–water partition coefficient (Wildman–Crippen LogP) is 3.67. The van der Waals surface area contributed by atoms with Crippen molar-refractivity contribution >= 4 is 11.6 Å². The van der Waals surface area contributed by atoms with Crippen LogP contribution in [0.15, 0.2) is 48.8 Å². The Morgan fingerprint density at radius 3 is 2.58 bits per heavy atom. The number of aryl methyl sites for hydroxylation is 2. The molecule has 170 valence electrons. The van der Waals surface area contributed by atoms with E-state index >= 15 is 0 Å². The molecule has 0 spiro atoms. The fraction of sp³-hybridized carbons (Fsp3) is 0.280. The number of carbonyl (C=O) groups is 1. The molecule has 0 aliphatic heterocycles. The number of amides is 1. The molecule has 3 heterocycles. The maximum absolute atomic E-state index is 12.4. The molecular weight excluding hydrogens is 418 g/mol. The Balaban J connectivity index is 1.54. The molecule has 8 nitrogen and oxygen atoms in total. The van der Waals surface area contributed by atoms with Gasteiger partial charge in [0.05, 0.1) is 19.9 Å². The van der Waals surface area contributed by atoms with Gasteiger partial charge >= 0.3 is 0 Å². The zero-order valence-corrected chi connectivity index (χ0v) is 19.3. The number of fused-ring (bicyclic) bond motifs is 1. The smallest absolute Gasteiger partial charge is 0.220 e. The van der Waals surface area contributed by atoms with Crippen LogP contribution < -0.4 is 14.8 Å². The lowest BCUT2D eigenvalue weighted by Gasteiger charge is -2.11. The molecule has 1 aromatic carbocycles. The van der Waals surface area contributed by atoms with Gasteiger partial charge in [-0.3, -0.25) is 9.78 Å². The molecule has 0 bridgehead atoms. The molecule has 0 radical (unpaired) electrons. The van der Waals surface area contributed by atoms with Gasteiger partial charge in [-0.2, -0.15) is 5.10 Å². The summed E-state index contributed by atoms with van der Waals surface area (Å²) >= 11 is 0. The van der Waals surface area contributed by atoms with E-state index in [1.807, 2.05) is 54.8 Å². The normalized spacial score (nSPS) is 10.9. The molecule has 0 saturated carbocycles. The van der Waals surface area contributed by atoms with Crippen molar-refractivity contribution in [2.24, 2.45) is 0 Å². The summed E-state index contributed by atoms with van der Waals surface area (Å²) in [5.74, 6) is 1.39. The Kier molecular flexibility index (Phi) is 6.53. The van der Waals surface area contributed by atoms with Gasteiger partial charge in [0.2, 0.25) is 5.91 Å². The van der Waals surface area contributed by atoms with Gasteiger partial charge < -0.3 is 14.8 Å². The van der Waals surface area contributed by atoms with Crippen LogP contribution in [0.2, 0.25) is 0 Å². The Labute approximate surface area is 192 Å². The van der Waals surface area contributed by atoms with Crippen molar-refractivity contribution in [3.8, 4) is 22.8 Å². The number of ether oxygens (including phenoxy) is 2. The van der Waals surface area contributed by atoms with Gasteiger partial charge in [0.25, 0.3) is 0 Å². The van der Waals surface area contributed by atoms with E-state index in [1.54, 1.807) is 26.6 Å². The maximum Gasteiger partial charge on any atom is 0.220 e. The number of aromatic nitrogens is 4. The Morgan fingerprint density at radius 2 is 1.85 bits per heavy atom. The molecule has 1 N–H and O–H groups in total. The fourth-order valence-electron chi connectivity index (χ4n) is 3.86. The lowest BCUT2D eigenvalue weighted by atomic mass is 10.1. The predicted molar refractivity (Wildman–Crippen MR) is 125 cm³/mol. The zero-order valence-electron chi connectivity index (χ0n) is 19.3. The quantitative estimate of drug-likeness (QED) is 0.445. The zero-order chi connectivity index (χ0) is 23.4. The second-order valence-corrected chi connectivity index (χ2v) is 7.76. The molecule has 0 aliphatic carbocycles. The molecule has 0 unspecified atom stereocenters. The standard InChI is InChI=1S/C25H27N5O3/c1-16-20(7-8-25(31)27-15-18-9-11-26-12-10-18)17(2)30-24(28-16)14-22(29-30)21-6-5-19(32-3)13-23(21)33-4/h5-6,9-14H,7-8,15H2,1-4H3,(H,27,31). The summed E-state index contributed by atoms with van der Waals surface area (Å²) in [6.07, 6.45) is 4.40. The number of pyridine rings is 1. The first-order chi connectivity index (χ1) is 16.0. The monoisotopic (exact) mass is 445 g/mol. The van der Waals surface area contributed by atoms with Crippen molar-refractivity contribution in [2.45, 2.75) is 33.2 Å². The maximum atomic E-state index is 12.4. The minimum absolute atomic E-state index is 0.00478. The first kappa shape index (κ1) is 22.3. The topological polar surface area (TPSA) is 90.6 Å². The van der Waals surface area contributed by atoms with Crippen LogP contribution in [0.5, 0.6) is 11.5 Å². The highest BCUT2D eigenvalue weighted by Crippen LogP contribution is 2.33. The Morgan fingerprint density at radius 1 is 1.06 bits per heavy atom. The second-order valence-electron chi connectivity index (χ2n) is 7.76. The molecule has 8 heteroatoms. The van der Waals surface area contributed by atoms with Gasteiger partial charge in [-0.25, -0.2) is 9.50 Å². The lowest BCUT2D eigenvalue weighted by molar-refractivity contribution is -0.121. The number of nitrogens with one attached hydrogen (secondary N) is 1. The molecule has 0 fully saturated rings. The number of rotatable bonds is 8. The van der Waals surface area contributed by atoms with Gasteiger partial charge in [0.1, 0.15) is 11.5 Å². The Hall–Kier alpha value is -3.94. The van der Waals surface area contributed by atoms with Crippen LogP contribution >= 0.6 is 0 Å². The second kappa shape index (κ2) is 9.68. The SMILES string of the molecule is COc1ccc(-c2cc3nc(C)c(CCC(=O)NCc4ccncc4)c(C)n3n2)c(OC)c1. The highest BCUT2D eigenvalue weighted by molar-refractivity contribution is 5.76. The van der Waals surface area contributed by atoms with Crippen molar-refractivity contribution < 1.29 is 14.3 Å². The van der Waals surface area contributed by atoms with Crippen LogP contribution in [-0.2, 0) is 17.8 Å². The van der Waals surface area contributed by atoms with Crippen LogP contribution in [0, 0.1) is 13.8 Å². The van der Waals surface area contributed by atoms with Gasteiger partial charge in [-0.05, 0) is 55.7 Å². The van der Waals surface area contributed by atoms with E-state index in [2.05, 4.69) is 10.3 Å². The molecular formula is C25H27N5O3. The van der Waals surface area contributed by atoms with Crippen molar-refractivity contribution in [1.29, 1.82) is 0 Å². The highest BCUT2D eigenvalue weighted by Gasteiger charge is 2.16. The van der Waals surface area contributed by atoms with Gasteiger partial charge in [0, 0.05) is 54.4 Å². The van der Waals surface area contributed by atoms with Crippen LogP contribution in [0.25, 0.3) is 16.9 Å². The molecule has 1 amide bonds. The van der Waals surface area contributed by atoms with Crippen LogP contribution in [0.3, 0.4) is 0 Å². The first-order valence-electron chi connectivity index (χ1n) is 10.7. The van der Waals surface area contributed by atoms with Gasteiger partial charge in [0.15, 0.2) is 5.65 Å². The number of hydrogen-bond donors (Lipinski definition) is 1. The third-order valence-corrected chi connectivity index (χ3v) is 5.69. The van der Waals surface area contributed by atoms with E-state index in [0.29, 0.717) is 30.9 Å². The summed E-state index contributed by atoms with van der Waals surface area (Å²) in [7, 11) is 3.25. The first-order valence-corrected chi connectivity index (χ1v) is 10.7. The summed E-state index contributed by atoms with van der Waals surface area (Å²) in [6, 6.07) is 11.4. The molecule has 3 aromatic heterocycles. The summed E-state index contributed by atoms with van der Waals surface area (Å²) in [5.41, 5.74) is 6.29. The van der Waals surface area contributed by atoms with E-state index in [0.717, 1.165) is 39.4 Å².